The molecule has 1 N–H and O–H groups in total. The molecular weight excluding hydrogens is 249 g/mol. The smallest absolute Gasteiger partial charge is 0.282 e. The van der Waals surface area contributed by atoms with Crippen LogP contribution in [0.4, 0.5) is 0 Å². The van der Waals surface area contributed by atoms with Crippen LogP contribution < -0.4 is 0 Å². The molecule has 3 nitrogen and oxygen atoms in total. The molecule has 0 atom stereocenters. The van der Waals surface area contributed by atoms with E-state index in [1.807, 2.05) is 6.07 Å². The Hall–Kier alpha value is -0.884. The minimum absolute atomic E-state index is 0. The Labute approximate surface area is 116 Å². The number of rotatable bonds is 2. The van der Waals surface area contributed by atoms with Crippen LogP contribution in [-0.4, -0.2) is 36.0 Å². The molecule has 0 saturated heterocycles. The SMILES string of the molecule is C=Cc1ccc2ccccc2c1S(=O)(=O)O.[Mg]. The van der Waals surface area contributed by atoms with Crippen molar-refractivity contribution >= 4 is 50.0 Å². The highest BCUT2D eigenvalue weighted by Crippen LogP contribution is 2.27. The van der Waals surface area contributed by atoms with Gasteiger partial charge in [0.1, 0.15) is 4.90 Å². The summed E-state index contributed by atoms with van der Waals surface area (Å²) in [5, 5.41) is 1.27. The fourth-order valence-electron chi connectivity index (χ4n) is 1.71. The van der Waals surface area contributed by atoms with Gasteiger partial charge in [0.25, 0.3) is 10.1 Å². The fourth-order valence-corrected chi connectivity index (χ4v) is 2.62. The third-order valence-corrected chi connectivity index (χ3v) is 3.36. The van der Waals surface area contributed by atoms with Gasteiger partial charge in [0.05, 0.1) is 0 Å². The summed E-state index contributed by atoms with van der Waals surface area (Å²) in [5.41, 5.74) is 0.404. The van der Waals surface area contributed by atoms with Crippen molar-refractivity contribution in [1.82, 2.24) is 0 Å². The van der Waals surface area contributed by atoms with E-state index in [1.54, 1.807) is 30.3 Å². The molecule has 0 aliphatic rings. The van der Waals surface area contributed by atoms with Gasteiger partial charge in [0, 0.05) is 28.4 Å². The zero-order valence-electron chi connectivity index (χ0n) is 9.13. The van der Waals surface area contributed by atoms with Gasteiger partial charge in [-0.1, -0.05) is 49.1 Å². The summed E-state index contributed by atoms with van der Waals surface area (Å²) in [7, 11) is -4.24. The van der Waals surface area contributed by atoms with Crippen LogP contribution in [0, 0.1) is 0 Å². The summed E-state index contributed by atoms with van der Waals surface area (Å²) in [6, 6.07) is 10.4. The molecule has 0 bridgehead atoms. The summed E-state index contributed by atoms with van der Waals surface area (Å²) < 4.78 is 31.9. The Morgan fingerprint density at radius 3 is 2.35 bits per heavy atom. The van der Waals surface area contributed by atoms with E-state index in [2.05, 4.69) is 6.58 Å². The molecule has 0 aliphatic heterocycles. The van der Waals surface area contributed by atoms with Gasteiger partial charge < -0.3 is 0 Å². The number of benzene rings is 2. The lowest BCUT2D eigenvalue weighted by Crippen LogP contribution is -2.01. The van der Waals surface area contributed by atoms with E-state index in [4.69, 9.17) is 0 Å². The number of hydrogen-bond donors (Lipinski definition) is 1. The fraction of sp³-hybridized carbons (Fsp3) is 0. The van der Waals surface area contributed by atoms with Crippen molar-refractivity contribution in [2.24, 2.45) is 0 Å². The maximum Gasteiger partial charge on any atom is 0.295 e. The lowest BCUT2D eigenvalue weighted by molar-refractivity contribution is 0.484. The molecule has 0 aromatic heterocycles. The first-order chi connectivity index (χ1) is 7.54. The lowest BCUT2D eigenvalue weighted by atomic mass is 10.1. The molecule has 2 aromatic carbocycles. The van der Waals surface area contributed by atoms with Gasteiger partial charge in [-0.2, -0.15) is 8.42 Å². The van der Waals surface area contributed by atoms with Crippen LogP contribution in [0.15, 0.2) is 47.9 Å². The van der Waals surface area contributed by atoms with Crippen molar-refractivity contribution in [2.45, 2.75) is 4.90 Å². The first-order valence-corrected chi connectivity index (χ1v) is 6.10. The van der Waals surface area contributed by atoms with Crippen LogP contribution in [0.2, 0.25) is 0 Å². The van der Waals surface area contributed by atoms with Gasteiger partial charge >= 0.3 is 0 Å². The normalized spacial score (nSPS) is 10.9. The van der Waals surface area contributed by atoms with Crippen molar-refractivity contribution in [3.8, 4) is 0 Å². The van der Waals surface area contributed by atoms with E-state index < -0.39 is 10.1 Å². The molecule has 0 heterocycles. The van der Waals surface area contributed by atoms with Gasteiger partial charge in [0.2, 0.25) is 0 Å². The topological polar surface area (TPSA) is 54.4 Å². The highest BCUT2D eigenvalue weighted by atomic mass is 32.2. The molecule has 0 unspecified atom stereocenters. The van der Waals surface area contributed by atoms with E-state index in [9.17, 15) is 13.0 Å². The molecule has 0 fully saturated rings. The van der Waals surface area contributed by atoms with Crippen molar-refractivity contribution in [1.29, 1.82) is 0 Å². The largest absolute Gasteiger partial charge is 0.295 e. The second-order valence-corrected chi connectivity index (χ2v) is 4.74. The van der Waals surface area contributed by atoms with E-state index in [0.717, 1.165) is 5.39 Å². The van der Waals surface area contributed by atoms with Crippen LogP contribution in [0.3, 0.4) is 0 Å². The predicted octanol–water partition coefficient (Wildman–Crippen LogP) is 2.35. The van der Waals surface area contributed by atoms with E-state index in [-0.39, 0.29) is 27.9 Å². The lowest BCUT2D eigenvalue weighted by Gasteiger charge is -2.07. The Bertz CT molecular complexity index is 663. The molecule has 5 heteroatoms. The molecule has 0 amide bonds. The van der Waals surface area contributed by atoms with Crippen molar-refractivity contribution in [3.63, 3.8) is 0 Å². The molecule has 2 rings (SSSR count). The van der Waals surface area contributed by atoms with Gasteiger partial charge in [-0.25, -0.2) is 0 Å². The number of hydrogen-bond acceptors (Lipinski definition) is 2. The van der Waals surface area contributed by atoms with Gasteiger partial charge in [-0.15, -0.1) is 0 Å². The zero-order valence-corrected chi connectivity index (χ0v) is 11.4. The molecule has 0 spiro atoms. The Morgan fingerprint density at radius 2 is 1.76 bits per heavy atom. The average molecular weight is 259 g/mol. The van der Waals surface area contributed by atoms with Crippen molar-refractivity contribution in [2.75, 3.05) is 0 Å². The summed E-state index contributed by atoms with van der Waals surface area (Å²) in [6.07, 6.45) is 1.41. The molecule has 17 heavy (non-hydrogen) atoms. The third-order valence-electron chi connectivity index (χ3n) is 2.39. The number of fused-ring (bicyclic) bond motifs is 1. The predicted molar refractivity (Wildman–Crippen MR) is 69.6 cm³/mol. The Morgan fingerprint density at radius 1 is 1.12 bits per heavy atom. The highest BCUT2D eigenvalue weighted by molar-refractivity contribution is 7.86. The standard InChI is InChI=1S/C12H10O3S.Mg/c1-2-9-7-8-10-5-3-4-6-11(10)12(9)16(13,14)15;/h2-8H,1H2,(H,13,14,15);. The van der Waals surface area contributed by atoms with Gasteiger partial charge in [0.15, 0.2) is 0 Å². The maximum absolute atomic E-state index is 11.3. The van der Waals surface area contributed by atoms with E-state index in [1.165, 1.54) is 6.08 Å². The summed E-state index contributed by atoms with van der Waals surface area (Å²) in [5.74, 6) is 0. The monoisotopic (exact) mass is 258 g/mol. The third kappa shape index (κ3) is 2.69. The van der Waals surface area contributed by atoms with Crippen LogP contribution in [-0.2, 0) is 10.1 Å². The second kappa shape index (κ2) is 5.18. The summed E-state index contributed by atoms with van der Waals surface area (Å²) in [4.78, 5) is -0.0828. The minimum atomic E-state index is -4.24. The molecule has 2 aromatic rings. The Balaban J connectivity index is 0.00000144. The van der Waals surface area contributed by atoms with Crippen LogP contribution >= 0.6 is 0 Å². The van der Waals surface area contributed by atoms with Gasteiger partial charge in [-0.05, 0) is 10.9 Å². The van der Waals surface area contributed by atoms with Gasteiger partial charge in [-0.3, -0.25) is 4.55 Å². The quantitative estimate of drug-likeness (QED) is 0.664. The molecular formula is C12H10MgO3S. The molecule has 0 saturated carbocycles. The summed E-state index contributed by atoms with van der Waals surface area (Å²) >= 11 is 0. The van der Waals surface area contributed by atoms with E-state index >= 15 is 0 Å². The van der Waals surface area contributed by atoms with Crippen LogP contribution in [0.25, 0.3) is 16.8 Å². The molecule has 2 radical (unpaired) electrons. The van der Waals surface area contributed by atoms with Crippen LogP contribution in [0.1, 0.15) is 5.56 Å². The van der Waals surface area contributed by atoms with Crippen molar-refractivity contribution in [3.05, 3.63) is 48.5 Å². The van der Waals surface area contributed by atoms with Crippen molar-refractivity contribution < 1.29 is 13.0 Å². The van der Waals surface area contributed by atoms with E-state index in [0.29, 0.717) is 10.9 Å². The first-order valence-electron chi connectivity index (χ1n) is 4.65. The minimum Gasteiger partial charge on any atom is -0.282 e. The molecule has 84 valence electrons. The maximum atomic E-state index is 11.3. The first kappa shape index (κ1) is 14.2. The highest BCUT2D eigenvalue weighted by Gasteiger charge is 2.17. The second-order valence-electron chi connectivity index (χ2n) is 3.38. The molecule has 0 aliphatic carbocycles. The van der Waals surface area contributed by atoms with Crippen LogP contribution in [0.5, 0.6) is 0 Å². The Kier molecular flexibility index (Phi) is 4.32. The average Bonchev–Trinajstić information content (AvgIpc) is 2.26. The zero-order chi connectivity index (χ0) is 11.8. The summed E-state index contributed by atoms with van der Waals surface area (Å²) in [6.45, 7) is 3.54.